The Kier molecular flexibility index (Phi) is 8.16. The maximum atomic E-state index is 8.78. The van der Waals surface area contributed by atoms with Crippen LogP contribution in [-0.2, 0) is 0 Å². The molecule has 0 aliphatic heterocycles. The number of hydrogen-bond donors (Lipinski definition) is 1. The Hall–Kier alpha value is -0.880. The largest absolute Gasteiger partial charge is 0.392 e. The molecule has 2 nitrogen and oxygen atoms in total. The summed E-state index contributed by atoms with van der Waals surface area (Å²) in [5.74, 6) is 0. The number of unbranched alkanes of at least 4 members (excludes halogenated alkanes) is 3. The standard InChI is InChI=1S/C11H18N2S/c1-3-4-5-6-7-8-10(9-12)11(13)14-2/h7-8H,3-6,13H2,1-2H3/b8-7+,11-10+. The van der Waals surface area contributed by atoms with Crippen molar-refractivity contribution in [2.24, 2.45) is 5.73 Å². The molecule has 0 heterocycles. The minimum absolute atomic E-state index is 0.578. The van der Waals surface area contributed by atoms with Crippen molar-refractivity contribution in [2.75, 3.05) is 6.26 Å². The average Bonchev–Trinajstić information content (AvgIpc) is 2.22. The van der Waals surface area contributed by atoms with Crippen LogP contribution in [0.4, 0.5) is 0 Å². The van der Waals surface area contributed by atoms with Gasteiger partial charge in [0.2, 0.25) is 0 Å². The first-order valence-corrected chi connectivity index (χ1v) is 6.09. The summed E-state index contributed by atoms with van der Waals surface area (Å²) < 4.78 is 0. The van der Waals surface area contributed by atoms with Gasteiger partial charge in [-0.05, 0) is 25.2 Å². The summed E-state index contributed by atoms with van der Waals surface area (Å²) in [6.07, 6.45) is 10.4. The minimum Gasteiger partial charge on any atom is -0.392 e. The molecule has 0 unspecified atom stereocenters. The summed E-state index contributed by atoms with van der Waals surface area (Å²) in [6, 6.07) is 2.09. The van der Waals surface area contributed by atoms with E-state index in [1.165, 1.54) is 31.0 Å². The van der Waals surface area contributed by atoms with Gasteiger partial charge < -0.3 is 5.73 Å². The summed E-state index contributed by atoms with van der Waals surface area (Å²) in [6.45, 7) is 2.18. The van der Waals surface area contributed by atoms with Crippen LogP contribution in [0, 0.1) is 11.3 Å². The molecule has 0 aromatic carbocycles. The van der Waals surface area contributed by atoms with Crippen molar-refractivity contribution in [3.63, 3.8) is 0 Å². The Morgan fingerprint density at radius 2 is 2.21 bits per heavy atom. The van der Waals surface area contributed by atoms with E-state index in [4.69, 9.17) is 11.0 Å². The highest BCUT2D eigenvalue weighted by atomic mass is 32.2. The minimum atomic E-state index is 0.578. The molecular weight excluding hydrogens is 192 g/mol. The van der Waals surface area contributed by atoms with Crippen LogP contribution in [0.25, 0.3) is 0 Å². The van der Waals surface area contributed by atoms with E-state index >= 15 is 0 Å². The van der Waals surface area contributed by atoms with Gasteiger partial charge in [0, 0.05) is 0 Å². The molecule has 0 saturated heterocycles. The summed E-state index contributed by atoms with van der Waals surface area (Å²) in [5, 5.41) is 9.37. The van der Waals surface area contributed by atoms with Gasteiger partial charge in [0.05, 0.1) is 10.6 Å². The van der Waals surface area contributed by atoms with Crippen LogP contribution in [0.1, 0.15) is 32.6 Å². The fourth-order valence-electron chi connectivity index (χ4n) is 0.998. The summed E-state index contributed by atoms with van der Waals surface area (Å²) in [4.78, 5) is 0. The highest BCUT2D eigenvalue weighted by Crippen LogP contribution is 2.11. The fourth-order valence-corrected chi connectivity index (χ4v) is 1.33. The molecule has 0 aromatic rings. The smallest absolute Gasteiger partial charge is 0.102 e. The predicted molar refractivity (Wildman–Crippen MR) is 63.6 cm³/mol. The van der Waals surface area contributed by atoms with Crippen LogP contribution in [-0.4, -0.2) is 6.26 Å². The van der Waals surface area contributed by atoms with Gasteiger partial charge in [0.1, 0.15) is 6.07 Å². The third kappa shape index (κ3) is 5.71. The molecule has 0 spiro atoms. The maximum Gasteiger partial charge on any atom is 0.102 e. The van der Waals surface area contributed by atoms with Crippen molar-refractivity contribution >= 4 is 11.8 Å². The van der Waals surface area contributed by atoms with Crippen LogP contribution < -0.4 is 5.73 Å². The third-order valence-electron chi connectivity index (χ3n) is 1.86. The maximum absolute atomic E-state index is 8.78. The van der Waals surface area contributed by atoms with Crippen LogP contribution in [0.5, 0.6) is 0 Å². The van der Waals surface area contributed by atoms with Gasteiger partial charge in [-0.25, -0.2) is 0 Å². The van der Waals surface area contributed by atoms with E-state index in [9.17, 15) is 0 Å². The van der Waals surface area contributed by atoms with E-state index in [1.807, 2.05) is 18.4 Å². The lowest BCUT2D eigenvalue weighted by Crippen LogP contribution is -1.94. The fraction of sp³-hybridized carbons (Fsp3) is 0.545. The molecule has 0 saturated carbocycles. The highest BCUT2D eigenvalue weighted by molar-refractivity contribution is 8.02. The van der Waals surface area contributed by atoms with Crippen LogP contribution in [0.2, 0.25) is 0 Å². The molecule has 0 amide bonds. The first-order chi connectivity index (χ1) is 6.76. The molecular formula is C11H18N2S. The van der Waals surface area contributed by atoms with E-state index in [1.54, 1.807) is 0 Å². The Morgan fingerprint density at radius 3 is 2.71 bits per heavy atom. The molecule has 0 aliphatic rings. The van der Waals surface area contributed by atoms with Gasteiger partial charge >= 0.3 is 0 Å². The van der Waals surface area contributed by atoms with Crippen molar-refractivity contribution in [3.8, 4) is 6.07 Å². The second kappa shape index (κ2) is 8.71. The van der Waals surface area contributed by atoms with Crippen molar-refractivity contribution in [1.29, 1.82) is 5.26 Å². The molecule has 0 fully saturated rings. The summed E-state index contributed by atoms with van der Waals surface area (Å²) in [5.41, 5.74) is 6.22. The van der Waals surface area contributed by atoms with Gasteiger partial charge in [-0.3, -0.25) is 0 Å². The van der Waals surface area contributed by atoms with Crippen LogP contribution in [0.15, 0.2) is 22.8 Å². The Bertz CT molecular complexity index is 249. The van der Waals surface area contributed by atoms with E-state index in [-0.39, 0.29) is 0 Å². The number of hydrogen-bond acceptors (Lipinski definition) is 3. The Morgan fingerprint density at radius 1 is 1.50 bits per heavy atom. The number of nitrogens with zero attached hydrogens (tertiary/aromatic N) is 1. The number of rotatable bonds is 6. The van der Waals surface area contributed by atoms with Crippen molar-refractivity contribution in [2.45, 2.75) is 32.6 Å². The normalized spacial score (nSPS) is 12.6. The van der Waals surface area contributed by atoms with E-state index in [2.05, 4.69) is 13.0 Å². The Labute approximate surface area is 90.9 Å². The van der Waals surface area contributed by atoms with Gasteiger partial charge in [-0.1, -0.05) is 25.8 Å². The lowest BCUT2D eigenvalue weighted by Gasteiger charge is -1.96. The van der Waals surface area contributed by atoms with Gasteiger partial charge in [-0.2, -0.15) is 5.26 Å². The third-order valence-corrected chi connectivity index (χ3v) is 2.52. The molecule has 2 N–H and O–H groups in total. The highest BCUT2D eigenvalue weighted by Gasteiger charge is 1.95. The summed E-state index contributed by atoms with van der Waals surface area (Å²) in [7, 11) is 0. The predicted octanol–water partition coefficient (Wildman–Crippen LogP) is 3.18. The van der Waals surface area contributed by atoms with Crippen LogP contribution in [0.3, 0.4) is 0 Å². The average molecular weight is 210 g/mol. The SMILES string of the molecule is CCCCC/C=C/C(C#N)=C(/N)SC. The number of thioether (sulfide) groups is 1. The van der Waals surface area contributed by atoms with E-state index < -0.39 is 0 Å². The molecule has 0 aliphatic carbocycles. The van der Waals surface area contributed by atoms with Crippen molar-refractivity contribution < 1.29 is 0 Å². The summed E-state index contributed by atoms with van der Waals surface area (Å²) >= 11 is 1.41. The molecule has 0 aromatic heterocycles. The number of allylic oxidation sites excluding steroid dienone is 3. The second-order valence-electron chi connectivity index (χ2n) is 2.99. The second-order valence-corrected chi connectivity index (χ2v) is 3.84. The van der Waals surface area contributed by atoms with Crippen LogP contribution >= 0.6 is 11.8 Å². The first kappa shape index (κ1) is 13.1. The topological polar surface area (TPSA) is 49.8 Å². The Balaban J connectivity index is 4.02. The molecule has 0 radical (unpaired) electrons. The van der Waals surface area contributed by atoms with Gasteiger partial charge in [0.25, 0.3) is 0 Å². The monoisotopic (exact) mass is 210 g/mol. The molecule has 78 valence electrons. The quantitative estimate of drug-likeness (QED) is 0.416. The van der Waals surface area contributed by atoms with Crippen molar-refractivity contribution in [3.05, 3.63) is 22.8 Å². The molecule has 14 heavy (non-hydrogen) atoms. The lowest BCUT2D eigenvalue weighted by atomic mass is 10.2. The first-order valence-electron chi connectivity index (χ1n) is 4.86. The molecule has 3 heteroatoms. The lowest BCUT2D eigenvalue weighted by molar-refractivity contribution is 0.729. The number of nitriles is 1. The molecule has 0 bridgehead atoms. The zero-order valence-corrected chi connectivity index (χ0v) is 9.73. The van der Waals surface area contributed by atoms with Gasteiger partial charge in [0.15, 0.2) is 0 Å². The zero-order chi connectivity index (χ0) is 10.8. The van der Waals surface area contributed by atoms with Gasteiger partial charge in [-0.15, -0.1) is 11.8 Å². The zero-order valence-electron chi connectivity index (χ0n) is 8.92. The molecule has 0 rings (SSSR count). The molecule has 0 atom stereocenters. The van der Waals surface area contributed by atoms with Crippen molar-refractivity contribution in [1.82, 2.24) is 0 Å². The van der Waals surface area contributed by atoms with E-state index in [0.717, 1.165) is 6.42 Å². The van der Waals surface area contributed by atoms with E-state index in [0.29, 0.717) is 10.6 Å². The number of nitrogens with two attached hydrogens (primary N) is 1.